The summed E-state index contributed by atoms with van der Waals surface area (Å²) in [4.78, 5) is 28.3. The molecule has 1 amide bonds. The zero-order valence-corrected chi connectivity index (χ0v) is 15.5. The smallest absolute Gasteiger partial charge is 0.329 e. The molecule has 0 saturated carbocycles. The number of carboxylic acid groups (broad SMARTS) is 1. The first-order valence-electron chi connectivity index (χ1n) is 8.64. The van der Waals surface area contributed by atoms with E-state index in [1.54, 1.807) is 11.8 Å². The molecule has 1 aromatic heterocycles. The van der Waals surface area contributed by atoms with E-state index in [9.17, 15) is 14.7 Å². The summed E-state index contributed by atoms with van der Waals surface area (Å²) in [5.41, 5.74) is 0.583. The van der Waals surface area contributed by atoms with Crippen LogP contribution in [0.4, 0.5) is 0 Å². The molecule has 1 saturated heterocycles. The average molecular weight is 374 g/mol. The molecule has 0 unspecified atom stereocenters. The minimum atomic E-state index is -1.13. The summed E-state index contributed by atoms with van der Waals surface area (Å²) < 4.78 is 5.80. The second-order valence-electron chi connectivity index (χ2n) is 6.44. The number of aliphatic carboxylic acids is 1. The van der Waals surface area contributed by atoms with E-state index in [1.165, 1.54) is 0 Å². The van der Waals surface area contributed by atoms with Gasteiger partial charge in [0.2, 0.25) is 5.91 Å². The van der Waals surface area contributed by atoms with Crippen molar-refractivity contribution in [1.29, 1.82) is 0 Å². The zero-order valence-electron chi connectivity index (χ0n) is 14.7. The fourth-order valence-corrected chi connectivity index (χ4v) is 4.27. The standard InChI is InChI=1S/C19H22N2O4S/c1-13-17(14-5-3-2-4-6-14)25-16(20-13)8-7-15(22)21-19(18(23)24)9-11-26-12-10-19/h2-6H,7-12H2,1H3,(H,21,22)(H,23,24). The molecule has 26 heavy (non-hydrogen) atoms. The number of hydrogen-bond donors (Lipinski definition) is 2. The number of thioether (sulfide) groups is 1. The fourth-order valence-electron chi connectivity index (χ4n) is 3.08. The maximum absolute atomic E-state index is 12.3. The minimum absolute atomic E-state index is 0.149. The molecule has 7 heteroatoms. The number of carbonyl (C=O) groups is 2. The van der Waals surface area contributed by atoms with Gasteiger partial charge in [0.25, 0.3) is 0 Å². The third kappa shape index (κ3) is 4.09. The van der Waals surface area contributed by atoms with E-state index in [-0.39, 0.29) is 12.3 Å². The van der Waals surface area contributed by atoms with Crippen LogP contribution in [0.3, 0.4) is 0 Å². The van der Waals surface area contributed by atoms with E-state index >= 15 is 0 Å². The van der Waals surface area contributed by atoms with Crippen molar-refractivity contribution in [2.45, 2.75) is 38.1 Å². The first-order chi connectivity index (χ1) is 12.5. The highest BCUT2D eigenvalue weighted by molar-refractivity contribution is 7.99. The number of aryl methyl sites for hydroxylation is 2. The summed E-state index contributed by atoms with van der Waals surface area (Å²) in [7, 11) is 0. The molecule has 1 fully saturated rings. The Balaban J connectivity index is 1.62. The number of hydrogen-bond acceptors (Lipinski definition) is 5. The molecule has 6 nitrogen and oxygen atoms in total. The van der Waals surface area contributed by atoms with E-state index in [0.29, 0.717) is 30.9 Å². The number of benzene rings is 1. The molecular formula is C19H22N2O4S. The highest BCUT2D eigenvalue weighted by Gasteiger charge is 2.41. The van der Waals surface area contributed by atoms with Crippen LogP contribution in [0, 0.1) is 6.92 Å². The average Bonchev–Trinajstić information content (AvgIpc) is 3.02. The number of nitrogens with one attached hydrogen (secondary N) is 1. The highest BCUT2D eigenvalue weighted by Crippen LogP contribution is 2.28. The predicted octanol–water partition coefficient (Wildman–Crippen LogP) is 3.05. The lowest BCUT2D eigenvalue weighted by Crippen LogP contribution is -2.56. The van der Waals surface area contributed by atoms with Crippen molar-refractivity contribution in [1.82, 2.24) is 10.3 Å². The van der Waals surface area contributed by atoms with E-state index < -0.39 is 11.5 Å². The minimum Gasteiger partial charge on any atom is -0.480 e. The van der Waals surface area contributed by atoms with Crippen molar-refractivity contribution in [2.75, 3.05) is 11.5 Å². The first kappa shape index (κ1) is 18.5. The molecule has 138 valence electrons. The molecule has 2 N–H and O–H groups in total. The monoisotopic (exact) mass is 374 g/mol. The Hall–Kier alpha value is -2.28. The summed E-state index contributed by atoms with van der Waals surface area (Å²) >= 11 is 1.71. The molecule has 0 atom stereocenters. The van der Waals surface area contributed by atoms with Gasteiger partial charge in [-0.15, -0.1) is 0 Å². The second-order valence-corrected chi connectivity index (χ2v) is 7.66. The topological polar surface area (TPSA) is 92.4 Å². The number of nitrogens with zero attached hydrogens (tertiary/aromatic N) is 1. The van der Waals surface area contributed by atoms with Gasteiger partial charge in [-0.25, -0.2) is 9.78 Å². The van der Waals surface area contributed by atoms with E-state index in [1.807, 2.05) is 37.3 Å². The Labute approximate surface area is 156 Å². The van der Waals surface area contributed by atoms with Crippen LogP contribution in [-0.2, 0) is 16.0 Å². The summed E-state index contributed by atoms with van der Waals surface area (Å²) in [5.74, 6) is 1.44. The van der Waals surface area contributed by atoms with Gasteiger partial charge in [-0.3, -0.25) is 4.79 Å². The normalized spacial score (nSPS) is 16.2. The molecule has 1 aromatic carbocycles. The van der Waals surface area contributed by atoms with Crippen LogP contribution in [0.5, 0.6) is 0 Å². The third-order valence-corrected chi connectivity index (χ3v) is 5.56. The van der Waals surface area contributed by atoms with Crippen molar-refractivity contribution in [3.05, 3.63) is 41.9 Å². The number of oxazole rings is 1. The zero-order chi connectivity index (χ0) is 18.6. The molecule has 2 aromatic rings. The largest absolute Gasteiger partial charge is 0.480 e. The van der Waals surface area contributed by atoms with Gasteiger partial charge in [0.1, 0.15) is 5.54 Å². The molecule has 0 aliphatic carbocycles. The lowest BCUT2D eigenvalue weighted by atomic mass is 9.92. The number of amides is 1. The van der Waals surface area contributed by atoms with Gasteiger partial charge in [0.15, 0.2) is 11.7 Å². The van der Waals surface area contributed by atoms with Crippen molar-refractivity contribution in [3.8, 4) is 11.3 Å². The van der Waals surface area contributed by atoms with Gasteiger partial charge in [-0.05, 0) is 31.3 Å². The first-order valence-corrected chi connectivity index (χ1v) is 9.79. The lowest BCUT2D eigenvalue weighted by Gasteiger charge is -2.33. The van der Waals surface area contributed by atoms with E-state index in [0.717, 1.165) is 22.8 Å². The number of rotatable bonds is 6. The van der Waals surface area contributed by atoms with Crippen molar-refractivity contribution >= 4 is 23.6 Å². The fraction of sp³-hybridized carbons (Fsp3) is 0.421. The maximum atomic E-state index is 12.3. The summed E-state index contributed by atoms with van der Waals surface area (Å²) in [6.07, 6.45) is 1.39. The van der Waals surface area contributed by atoms with Crippen LogP contribution in [0.15, 0.2) is 34.7 Å². The van der Waals surface area contributed by atoms with Crippen LogP contribution >= 0.6 is 11.8 Å². The van der Waals surface area contributed by atoms with Gasteiger partial charge in [-0.2, -0.15) is 11.8 Å². The van der Waals surface area contributed by atoms with Crippen LogP contribution < -0.4 is 5.32 Å². The number of carbonyl (C=O) groups excluding carboxylic acids is 1. The highest BCUT2D eigenvalue weighted by atomic mass is 32.2. The third-order valence-electron chi connectivity index (χ3n) is 4.58. The van der Waals surface area contributed by atoms with Crippen LogP contribution in [0.1, 0.15) is 30.8 Å². The molecule has 1 aliphatic heterocycles. The van der Waals surface area contributed by atoms with Crippen LogP contribution in [0.25, 0.3) is 11.3 Å². The Morgan fingerprint density at radius 2 is 1.96 bits per heavy atom. The van der Waals surface area contributed by atoms with Crippen molar-refractivity contribution in [2.24, 2.45) is 0 Å². The van der Waals surface area contributed by atoms with E-state index in [4.69, 9.17) is 4.42 Å². The lowest BCUT2D eigenvalue weighted by molar-refractivity contribution is -0.148. The van der Waals surface area contributed by atoms with Gasteiger partial charge < -0.3 is 14.8 Å². The molecule has 0 spiro atoms. The van der Waals surface area contributed by atoms with Crippen molar-refractivity contribution in [3.63, 3.8) is 0 Å². The SMILES string of the molecule is Cc1nc(CCC(=O)NC2(C(=O)O)CCSCC2)oc1-c1ccccc1. The Morgan fingerprint density at radius 3 is 2.62 bits per heavy atom. The van der Waals surface area contributed by atoms with Gasteiger partial charge in [0, 0.05) is 18.4 Å². The van der Waals surface area contributed by atoms with Gasteiger partial charge >= 0.3 is 5.97 Å². The van der Waals surface area contributed by atoms with Crippen molar-refractivity contribution < 1.29 is 19.1 Å². The summed E-state index contributed by atoms with van der Waals surface area (Å²) in [5, 5.41) is 12.3. The van der Waals surface area contributed by atoms with Gasteiger partial charge in [-0.1, -0.05) is 30.3 Å². The van der Waals surface area contributed by atoms with Gasteiger partial charge in [0.05, 0.1) is 5.69 Å². The predicted molar refractivity (Wildman–Crippen MR) is 100 cm³/mol. The molecule has 3 rings (SSSR count). The Bertz CT molecular complexity index is 782. The summed E-state index contributed by atoms with van der Waals surface area (Å²) in [6.45, 7) is 1.87. The molecule has 2 heterocycles. The molecule has 0 bridgehead atoms. The summed E-state index contributed by atoms with van der Waals surface area (Å²) in [6, 6.07) is 9.68. The Morgan fingerprint density at radius 1 is 1.27 bits per heavy atom. The van der Waals surface area contributed by atoms with E-state index in [2.05, 4.69) is 10.3 Å². The number of aromatic nitrogens is 1. The second kappa shape index (κ2) is 7.95. The molecular weight excluding hydrogens is 352 g/mol. The number of carboxylic acids is 1. The quantitative estimate of drug-likeness (QED) is 0.807. The van der Waals surface area contributed by atoms with Crippen LogP contribution in [0.2, 0.25) is 0 Å². The maximum Gasteiger partial charge on any atom is 0.329 e. The molecule has 1 aliphatic rings. The Kier molecular flexibility index (Phi) is 5.66. The van der Waals surface area contributed by atoms with Crippen LogP contribution in [-0.4, -0.2) is 39.0 Å². The molecule has 0 radical (unpaired) electrons.